The summed E-state index contributed by atoms with van der Waals surface area (Å²) in [6.45, 7) is 4.16. The number of ether oxygens (including phenoxy) is 1. The largest absolute Gasteiger partial charge is 0.457 e. The number of para-hydroxylation sites is 1. The molecule has 0 aliphatic carbocycles. The fourth-order valence-electron chi connectivity index (χ4n) is 4.77. The average molecular weight is 471 g/mol. The normalized spacial score (nSPS) is 11.6. The van der Waals surface area contributed by atoms with Crippen LogP contribution in [-0.4, -0.2) is 28.7 Å². The van der Waals surface area contributed by atoms with E-state index in [0.29, 0.717) is 0 Å². The molecule has 0 aliphatic heterocycles. The molecule has 0 saturated carbocycles. The van der Waals surface area contributed by atoms with Crippen molar-refractivity contribution in [2.24, 2.45) is 0 Å². The highest BCUT2D eigenvalue weighted by molar-refractivity contribution is 5.93. The Labute approximate surface area is 206 Å². The molecule has 7 rings (SSSR count). The number of aromatic nitrogens is 6. The molecule has 0 bridgehead atoms. The minimum Gasteiger partial charge on any atom is -0.457 e. The van der Waals surface area contributed by atoms with Gasteiger partial charge in [-0.1, -0.05) is 18.2 Å². The molecule has 174 valence electrons. The first-order valence-corrected chi connectivity index (χ1v) is 11.8. The van der Waals surface area contributed by atoms with Gasteiger partial charge >= 0.3 is 0 Å². The number of rotatable bonds is 4. The van der Waals surface area contributed by atoms with E-state index in [9.17, 15) is 0 Å². The van der Waals surface area contributed by atoms with E-state index in [-0.39, 0.29) is 0 Å². The molecule has 7 aromatic rings. The minimum atomic E-state index is 0.732. The molecular weight excluding hydrogens is 448 g/mol. The first-order chi connectivity index (χ1) is 17.7. The number of fused-ring (bicyclic) bond motifs is 5. The Morgan fingerprint density at radius 2 is 1.64 bits per heavy atom. The lowest BCUT2D eigenvalue weighted by atomic mass is 10.2. The van der Waals surface area contributed by atoms with Crippen molar-refractivity contribution in [1.29, 1.82) is 0 Å². The van der Waals surface area contributed by atoms with Crippen molar-refractivity contribution >= 4 is 27.8 Å². The lowest BCUT2D eigenvalue weighted by Gasteiger charge is -2.09. The van der Waals surface area contributed by atoms with Gasteiger partial charge in [-0.3, -0.25) is 8.97 Å². The summed E-state index contributed by atoms with van der Waals surface area (Å²) in [5.74, 6) is 3.11. The highest BCUT2D eigenvalue weighted by Gasteiger charge is 2.19. The van der Waals surface area contributed by atoms with Gasteiger partial charge in [0, 0.05) is 30.7 Å². The van der Waals surface area contributed by atoms with Crippen molar-refractivity contribution < 1.29 is 4.74 Å². The van der Waals surface area contributed by atoms with Gasteiger partial charge in [0.2, 0.25) is 5.78 Å². The third-order valence-electron chi connectivity index (χ3n) is 6.45. The van der Waals surface area contributed by atoms with E-state index in [1.807, 2.05) is 59.5 Å². The Morgan fingerprint density at radius 3 is 2.50 bits per heavy atom. The Bertz CT molecular complexity index is 1890. The van der Waals surface area contributed by atoms with Crippen LogP contribution in [0.5, 0.6) is 11.5 Å². The molecule has 0 aliphatic rings. The summed E-state index contributed by atoms with van der Waals surface area (Å²) < 4.78 is 12.4. The first-order valence-electron chi connectivity index (χ1n) is 11.8. The van der Waals surface area contributed by atoms with Gasteiger partial charge in [-0.2, -0.15) is 5.10 Å². The summed E-state index contributed by atoms with van der Waals surface area (Å²) in [6.07, 6.45) is 5.51. The lowest BCUT2D eigenvalue weighted by molar-refractivity contribution is 0.483. The Morgan fingerprint density at radius 1 is 0.750 bits per heavy atom. The van der Waals surface area contributed by atoms with Crippen LogP contribution in [0.4, 0.5) is 0 Å². The maximum atomic E-state index is 6.31. The first kappa shape index (κ1) is 20.5. The number of nitrogens with zero attached hydrogens (tertiary/aromatic N) is 6. The van der Waals surface area contributed by atoms with Crippen LogP contribution in [0.3, 0.4) is 0 Å². The monoisotopic (exact) mass is 470 g/mol. The van der Waals surface area contributed by atoms with Crippen LogP contribution in [0.15, 0.2) is 97.5 Å². The van der Waals surface area contributed by atoms with Crippen LogP contribution in [0, 0.1) is 13.8 Å². The molecule has 0 amide bonds. The van der Waals surface area contributed by atoms with Crippen LogP contribution >= 0.6 is 0 Å². The molecule has 3 aromatic carbocycles. The summed E-state index contributed by atoms with van der Waals surface area (Å²) in [4.78, 5) is 9.73. The molecule has 0 unspecified atom stereocenters. The maximum absolute atomic E-state index is 6.31. The van der Waals surface area contributed by atoms with E-state index in [1.165, 1.54) is 0 Å². The predicted octanol–water partition coefficient (Wildman–Crippen LogP) is 6.42. The fraction of sp³-hybridized carbons (Fsp3) is 0.0690. The number of benzene rings is 3. The van der Waals surface area contributed by atoms with Crippen LogP contribution < -0.4 is 4.74 Å². The maximum Gasteiger partial charge on any atom is 0.221 e. The van der Waals surface area contributed by atoms with Gasteiger partial charge in [-0.05, 0) is 73.5 Å². The highest BCUT2D eigenvalue weighted by Crippen LogP contribution is 2.33. The van der Waals surface area contributed by atoms with E-state index >= 15 is 0 Å². The summed E-state index contributed by atoms with van der Waals surface area (Å²) in [5, 5.41) is 4.32. The Balaban J connectivity index is 1.43. The topological polar surface area (TPSA) is 62.2 Å². The quantitative estimate of drug-likeness (QED) is 0.298. The summed E-state index contributed by atoms with van der Waals surface area (Å²) in [5.41, 5.74) is 7.29. The van der Waals surface area contributed by atoms with Crippen molar-refractivity contribution in [2.45, 2.75) is 13.8 Å². The molecular formula is C29H22N6O. The van der Waals surface area contributed by atoms with Crippen LogP contribution in [0.2, 0.25) is 0 Å². The average Bonchev–Trinajstić information content (AvgIpc) is 3.60. The molecule has 36 heavy (non-hydrogen) atoms. The SMILES string of the molecule is Cc1ccnc(-n2c3cc(Oc4cccc(-n5cccn5)c4)ccc3n3c4cccc(C)c4nc23)c1. The zero-order valence-corrected chi connectivity index (χ0v) is 19.8. The fourth-order valence-corrected chi connectivity index (χ4v) is 4.77. The molecule has 0 radical (unpaired) electrons. The van der Waals surface area contributed by atoms with Crippen molar-refractivity contribution in [3.63, 3.8) is 0 Å². The van der Waals surface area contributed by atoms with Crippen molar-refractivity contribution in [2.75, 3.05) is 0 Å². The highest BCUT2D eigenvalue weighted by atomic mass is 16.5. The van der Waals surface area contributed by atoms with Crippen LogP contribution in [0.25, 0.3) is 39.3 Å². The molecule has 4 heterocycles. The molecule has 0 spiro atoms. The Kier molecular flexibility index (Phi) is 4.44. The van der Waals surface area contributed by atoms with Gasteiger partial charge < -0.3 is 4.74 Å². The van der Waals surface area contributed by atoms with Gasteiger partial charge in [0.15, 0.2) is 0 Å². The van der Waals surface area contributed by atoms with E-state index < -0.39 is 0 Å². The van der Waals surface area contributed by atoms with Crippen molar-refractivity contribution in [3.05, 3.63) is 109 Å². The van der Waals surface area contributed by atoms with Gasteiger partial charge in [0.05, 0.1) is 27.8 Å². The minimum absolute atomic E-state index is 0.732. The number of hydrogen-bond donors (Lipinski definition) is 0. The second-order valence-electron chi connectivity index (χ2n) is 8.92. The van der Waals surface area contributed by atoms with Crippen LogP contribution in [-0.2, 0) is 0 Å². The van der Waals surface area contributed by atoms with Crippen molar-refractivity contribution in [3.8, 4) is 23.0 Å². The van der Waals surface area contributed by atoms with Crippen LogP contribution in [0.1, 0.15) is 11.1 Å². The smallest absolute Gasteiger partial charge is 0.221 e. The van der Waals surface area contributed by atoms with E-state index in [0.717, 1.165) is 62.0 Å². The van der Waals surface area contributed by atoms with Gasteiger partial charge in [0.1, 0.15) is 17.3 Å². The van der Waals surface area contributed by atoms with E-state index in [2.05, 4.69) is 69.3 Å². The second-order valence-corrected chi connectivity index (χ2v) is 8.92. The van der Waals surface area contributed by atoms with Crippen molar-refractivity contribution in [1.82, 2.24) is 28.7 Å². The summed E-state index contributed by atoms with van der Waals surface area (Å²) in [7, 11) is 0. The molecule has 7 heteroatoms. The molecule has 0 N–H and O–H groups in total. The summed E-state index contributed by atoms with van der Waals surface area (Å²) in [6, 6.07) is 26.3. The number of imidazole rings is 2. The number of hydrogen-bond acceptors (Lipinski definition) is 4. The van der Waals surface area contributed by atoms with Gasteiger partial charge in [-0.15, -0.1) is 0 Å². The van der Waals surface area contributed by atoms with E-state index in [1.54, 1.807) is 6.20 Å². The summed E-state index contributed by atoms with van der Waals surface area (Å²) >= 11 is 0. The van der Waals surface area contributed by atoms with E-state index in [4.69, 9.17) is 9.72 Å². The zero-order chi connectivity index (χ0) is 24.2. The van der Waals surface area contributed by atoms with Gasteiger partial charge in [-0.25, -0.2) is 14.6 Å². The Hall–Kier alpha value is -4.91. The lowest BCUT2D eigenvalue weighted by Crippen LogP contribution is -1.99. The molecule has 0 atom stereocenters. The third-order valence-corrected chi connectivity index (χ3v) is 6.45. The molecule has 7 nitrogen and oxygen atoms in total. The molecule has 4 aromatic heterocycles. The van der Waals surface area contributed by atoms with Gasteiger partial charge in [0.25, 0.3) is 0 Å². The number of pyridine rings is 1. The second kappa shape index (κ2) is 7.81. The molecule has 0 fully saturated rings. The number of aryl methyl sites for hydroxylation is 2. The predicted molar refractivity (Wildman–Crippen MR) is 140 cm³/mol. The molecule has 0 saturated heterocycles. The standard InChI is InChI=1S/C29H22N6O/c1-19-12-14-30-27(16-19)35-26-18-23(36-22-8-4-7-21(17-22)33-15-5-13-31-33)10-11-24(26)34-25-9-3-6-20(2)28(25)32-29(34)35/h3-18H,1-2H3. The zero-order valence-electron chi connectivity index (χ0n) is 19.8. The third kappa shape index (κ3) is 3.17.